The summed E-state index contributed by atoms with van der Waals surface area (Å²) in [5, 5.41) is 9.37. The normalized spacial score (nSPS) is 30.6. The predicted molar refractivity (Wildman–Crippen MR) is 65.9 cm³/mol. The lowest BCUT2D eigenvalue weighted by molar-refractivity contribution is -0.145. The van der Waals surface area contributed by atoms with Crippen LogP contribution in [0.15, 0.2) is 0 Å². The fourth-order valence-corrected chi connectivity index (χ4v) is 3.38. The molecule has 2 aliphatic rings. The summed E-state index contributed by atoms with van der Waals surface area (Å²) in [6.45, 7) is 4.19. The molecular weight excluding hydrogens is 216 g/mol. The van der Waals surface area contributed by atoms with Gasteiger partial charge in [-0.15, -0.1) is 0 Å². The minimum absolute atomic E-state index is 0.0522. The van der Waals surface area contributed by atoms with E-state index in [0.29, 0.717) is 12.3 Å². The molecular formula is C14H24O3. The van der Waals surface area contributed by atoms with Gasteiger partial charge >= 0.3 is 5.97 Å². The lowest BCUT2D eigenvalue weighted by atomic mass is 9.86. The Kier molecular flexibility index (Phi) is 3.76. The molecule has 2 rings (SSSR count). The van der Waals surface area contributed by atoms with Crippen LogP contribution < -0.4 is 0 Å². The molecule has 1 aliphatic heterocycles. The van der Waals surface area contributed by atoms with Crippen LogP contribution in [0.25, 0.3) is 0 Å². The van der Waals surface area contributed by atoms with E-state index in [-0.39, 0.29) is 17.6 Å². The first kappa shape index (κ1) is 12.9. The molecule has 0 amide bonds. The molecule has 2 unspecified atom stereocenters. The van der Waals surface area contributed by atoms with Crippen molar-refractivity contribution in [2.75, 3.05) is 0 Å². The van der Waals surface area contributed by atoms with Gasteiger partial charge in [0.25, 0.3) is 0 Å². The number of carbonyl (C=O) groups is 1. The minimum atomic E-state index is -0.620. The number of ether oxygens (including phenoxy) is 1. The molecule has 0 radical (unpaired) electrons. The van der Waals surface area contributed by atoms with Crippen LogP contribution in [-0.2, 0) is 9.53 Å². The van der Waals surface area contributed by atoms with E-state index in [0.717, 1.165) is 25.7 Å². The molecule has 0 spiro atoms. The Morgan fingerprint density at radius 2 is 2.00 bits per heavy atom. The maximum atomic E-state index is 11.4. The van der Waals surface area contributed by atoms with E-state index in [1.165, 1.54) is 12.8 Å². The highest BCUT2D eigenvalue weighted by atomic mass is 16.5. The fourth-order valence-electron chi connectivity index (χ4n) is 3.38. The lowest BCUT2D eigenvalue weighted by Gasteiger charge is -2.24. The third kappa shape index (κ3) is 3.21. The Balaban J connectivity index is 1.92. The van der Waals surface area contributed by atoms with E-state index in [1.54, 1.807) is 0 Å². The molecule has 1 aliphatic carbocycles. The lowest BCUT2D eigenvalue weighted by Crippen LogP contribution is -2.28. The van der Waals surface area contributed by atoms with Crippen LogP contribution in [0.3, 0.4) is 0 Å². The summed E-state index contributed by atoms with van der Waals surface area (Å²) >= 11 is 0. The average molecular weight is 240 g/mol. The zero-order chi connectivity index (χ0) is 12.5. The molecule has 98 valence electrons. The minimum Gasteiger partial charge on any atom is -0.481 e. The van der Waals surface area contributed by atoms with Gasteiger partial charge in [0.1, 0.15) is 0 Å². The molecule has 0 aromatic carbocycles. The van der Waals surface area contributed by atoms with Gasteiger partial charge in [0.2, 0.25) is 0 Å². The summed E-state index contributed by atoms with van der Waals surface area (Å²) in [5.74, 6) is -0.415. The quantitative estimate of drug-likeness (QED) is 0.820. The van der Waals surface area contributed by atoms with Gasteiger partial charge in [0, 0.05) is 0 Å². The summed E-state index contributed by atoms with van der Waals surface area (Å²) in [6, 6.07) is 0. The Hall–Kier alpha value is -0.570. The fraction of sp³-hybridized carbons (Fsp3) is 0.929. The van der Waals surface area contributed by atoms with Gasteiger partial charge < -0.3 is 9.84 Å². The molecule has 2 atom stereocenters. The summed E-state index contributed by atoms with van der Waals surface area (Å²) < 4.78 is 5.93. The summed E-state index contributed by atoms with van der Waals surface area (Å²) in [4.78, 5) is 11.4. The third-order valence-corrected chi connectivity index (χ3v) is 4.36. The standard InChI is InChI=1S/C14H24O3/c1-14(2)8-7-11(17-14)9-12(13(15)16)10-5-3-4-6-10/h10-12H,3-9H2,1-2H3,(H,15,16). The van der Waals surface area contributed by atoms with E-state index >= 15 is 0 Å². The maximum absolute atomic E-state index is 11.4. The van der Waals surface area contributed by atoms with Crippen LogP contribution in [0, 0.1) is 11.8 Å². The van der Waals surface area contributed by atoms with E-state index < -0.39 is 5.97 Å². The van der Waals surface area contributed by atoms with Gasteiger partial charge in [0.05, 0.1) is 17.6 Å². The highest BCUT2D eigenvalue weighted by Crippen LogP contribution is 2.38. The van der Waals surface area contributed by atoms with E-state index in [2.05, 4.69) is 13.8 Å². The van der Waals surface area contributed by atoms with Crippen molar-refractivity contribution in [3.05, 3.63) is 0 Å². The number of carboxylic acids is 1. The van der Waals surface area contributed by atoms with Crippen LogP contribution in [-0.4, -0.2) is 22.8 Å². The summed E-state index contributed by atoms with van der Waals surface area (Å²) in [6.07, 6.45) is 7.52. The summed E-state index contributed by atoms with van der Waals surface area (Å²) in [7, 11) is 0. The smallest absolute Gasteiger partial charge is 0.306 e. The van der Waals surface area contributed by atoms with Crippen LogP contribution in [0.4, 0.5) is 0 Å². The van der Waals surface area contributed by atoms with Gasteiger partial charge in [-0.25, -0.2) is 0 Å². The zero-order valence-corrected chi connectivity index (χ0v) is 10.9. The first-order valence-electron chi connectivity index (χ1n) is 6.88. The molecule has 0 bridgehead atoms. The molecule has 1 saturated carbocycles. The van der Waals surface area contributed by atoms with Gasteiger partial charge in [-0.2, -0.15) is 0 Å². The van der Waals surface area contributed by atoms with Gasteiger partial charge in [-0.3, -0.25) is 4.79 Å². The predicted octanol–water partition coefficient (Wildman–Crippen LogP) is 3.23. The number of hydrogen-bond acceptors (Lipinski definition) is 2. The molecule has 1 saturated heterocycles. The average Bonchev–Trinajstić information content (AvgIpc) is 2.83. The number of hydrogen-bond donors (Lipinski definition) is 1. The molecule has 2 fully saturated rings. The molecule has 3 nitrogen and oxygen atoms in total. The Morgan fingerprint density at radius 1 is 1.35 bits per heavy atom. The molecule has 17 heavy (non-hydrogen) atoms. The molecule has 0 aromatic rings. The second kappa shape index (κ2) is 4.97. The number of carboxylic acid groups (broad SMARTS) is 1. The number of rotatable bonds is 4. The maximum Gasteiger partial charge on any atom is 0.306 e. The van der Waals surface area contributed by atoms with Crippen molar-refractivity contribution >= 4 is 5.97 Å². The Bertz CT molecular complexity index is 279. The van der Waals surface area contributed by atoms with Crippen molar-refractivity contribution in [1.29, 1.82) is 0 Å². The summed E-state index contributed by atoms with van der Waals surface area (Å²) in [5.41, 5.74) is -0.0522. The largest absolute Gasteiger partial charge is 0.481 e. The highest BCUT2D eigenvalue weighted by Gasteiger charge is 2.37. The second-order valence-electron chi connectivity index (χ2n) is 6.26. The molecule has 3 heteroatoms. The van der Waals surface area contributed by atoms with Crippen LogP contribution in [0.5, 0.6) is 0 Å². The topological polar surface area (TPSA) is 46.5 Å². The van der Waals surface area contributed by atoms with Crippen molar-refractivity contribution < 1.29 is 14.6 Å². The van der Waals surface area contributed by atoms with Crippen LogP contribution in [0.2, 0.25) is 0 Å². The van der Waals surface area contributed by atoms with Crippen molar-refractivity contribution in [3.63, 3.8) is 0 Å². The van der Waals surface area contributed by atoms with Crippen LogP contribution in [0.1, 0.15) is 58.8 Å². The van der Waals surface area contributed by atoms with Crippen molar-refractivity contribution in [2.24, 2.45) is 11.8 Å². The van der Waals surface area contributed by atoms with Gasteiger partial charge in [-0.05, 0) is 51.9 Å². The van der Waals surface area contributed by atoms with Gasteiger partial charge in [0.15, 0.2) is 0 Å². The van der Waals surface area contributed by atoms with E-state index in [9.17, 15) is 9.90 Å². The van der Waals surface area contributed by atoms with Crippen LogP contribution >= 0.6 is 0 Å². The monoisotopic (exact) mass is 240 g/mol. The second-order valence-corrected chi connectivity index (χ2v) is 6.26. The SMILES string of the molecule is CC1(C)CCC(CC(C(=O)O)C2CCCC2)O1. The number of aliphatic carboxylic acids is 1. The van der Waals surface area contributed by atoms with Crippen molar-refractivity contribution in [2.45, 2.75) is 70.5 Å². The van der Waals surface area contributed by atoms with E-state index in [4.69, 9.17) is 4.74 Å². The Morgan fingerprint density at radius 3 is 2.47 bits per heavy atom. The molecule has 0 aromatic heterocycles. The molecule has 1 N–H and O–H groups in total. The zero-order valence-electron chi connectivity index (χ0n) is 10.9. The molecule has 1 heterocycles. The van der Waals surface area contributed by atoms with E-state index in [1.807, 2.05) is 0 Å². The Labute approximate surface area is 104 Å². The van der Waals surface area contributed by atoms with Crippen molar-refractivity contribution in [3.8, 4) is 0 Å². The van der Waals surface area contributed by atoms with Crippen molar-refractivity contribution in [1.82, 2.24) is 0 Å². The highest BCUT2D eigenvalue weighted by molar-refractivity contribution is 5.70. The first-order chi connectivity index (χ1) is 7.98. The van der Waals surface area contributed by atoms with Gasteiger partial charge in [-0.1, -0.05) is 12.8 Å². The first-order valence-corrected chi connectivity index (χ1v) is 6.88. The third-order valence-electron chi connectivity index (χ3n) is 4.36.